The molecular weight excluding hydrogens is 328 g/mol. The summed E-state index contributed by atoms with van der Waals surface area (Å²) >= 11 is 0. The van der Waals surface area contributed by atoms with Crippen LogP contribution in [0.15, 0.2) is 47.5 Å². The molecule has 1 aromatic carbocycles. The summed E-state index contributed by atoms with van der Waals surface area (Å²) in [7, 11) is 0. The second-order valence-electron chi connectivity index (χ2n) is 5.07. The molecule has 0 spiro atoms. The van der Waals surface area contributed by atoms with E-state index in [-0.39, 0.29) is 11.1 Å². The number of nitrogens with zero attached hydrogens (tertiary/aromatic N) is 2. The number of aromatic nitrogens is 3. The molecule has 3 aromatic rings. The highest BCUT2D eigenvalue weighted by Gasteiger charge is 2.28. The van der Waals surface area contributed by atoms with E-state index in [1.54, 1.807) is 30.5 Å². The summed E-state index contributed by atoms with van der Waals surface area (Å²) in [5.41, 5.74) is 3.81. The van der Waals surface area contributed by atoms with Gasteiger partial charge in [-0.25, -0.2) is 14.3 Å². The minimum Gasteiger partial charge on any atom is -0.478 e. The number of nitrogens with one attached hydrogen (secondary N) is 1. The van der Waals surface area contributed by atoms with Gasteiger partial charge < -0.3 is 20.9 Å². The molecule has 3 rings (SSSR count). The number of carboxylic acid groups (broad SMARTS) is 2. The monoisotopic (exact) mass is 340 g/mol. The number of hydrogen-bond acceptors (Lipinski definition) is 5. The first kappa shape index (κ1) is 16.0. The number of para-hydroxylation sites is 1. The topological polar surface area (TPSA) is 151 Å². The first-order valence-electron chi connectivity index (χ1n) is 7.03. The Labute approximate surface area is 140 Å². The molecule has 0 aliphatic heterocycles. The van der Waals surface area contributed by atoms with Crippen molar-refractivity contribution in [1.29, 1.82) is 0 Å². The van der Waals surface area contributed by atoms with Crippen molar-refractivity contribution in [3.8, 4) is 16.8 Å². The number of benzene rings is 1. The molecule has 0 saturated heterocycles. The largest absolute Gasteiger partial charge is 0.478 e. The lowest BCUT2D eigenvalue weighted by atomic mass is 9.94. The molecule has 5 N–H and O–H groups in total. The Morgan fingerprint density at radius 2 is 1.76 bits per heavy atom. The van der Waals surface area contributed by atoms with Crippen LogP contribution in [0.25, 0.3) is 16.8 Å². The number of carboxylic acids is 2. The number of nitrogen functional groups attached to an aromatic ring is 1. The van der Waals surface area contributed by atoms with Crippen LogP contribution < -0.4 is 11.3 Å². The molecule has 9 heteroatoms. The second-order valence-corrected chi connectivity index (χ2v) is 5.07. The van der Waals surface area contributed by atoms with E-state index < -0.39 is 34.4 Å². The number of pyridine rings is 1. The minimum absolute atomic E-state index is 0.207. The van der Waals surface area contributed by atoms with Gasteiger partial charge in [0.05, 0.1) is 5.69 Å². The lowest BCUT2D eigenvalue weighted by Crippen LogP contribution is -2.24. The summed E-state index contributed by atoms with van der Waals surface area (Å²) in [5, 5.41) is 23.0. The van der Waals surface area contributed by atoms with Gasteiger partial charge in [0.1, 0.15) is 16.9 Å². The van der Waals surface area contributed by atoms with Gasteiger partial charge in [0.25, 0.3) is 5.56 Å². The number of carbonyl (C=O) groups is 2. The Bertz CT molecular complexity index is 1040. The highest BCUT2D eigenvalue weighted by molar-refractivity contribution is 6.08. The Kier molecular flexibility index (Phi) is 3.82. The van der Waals surface area contributed by atoms with Crippen molar-refractivity contribution >= 4 is 17.8 Å². The molecule has 126 valence electrons. The summed E-state index contributed by atoms with van der Waals surface area (Å²) in [5.74, 6) is -3.44. The summed E-state index contributed by atoms with van der Waals surface area (Å²) < 4.78 is 1.43. The number of aromatic amines is 1. The predicted molar refractivity (Wildman–Crippen MR) is 88.0 cm³/mol. The van der Waals surface area contributed by atoms with Crippen molar-refractivity contribution in [2.75, 3.05) is 5.73 Å². The first-order chi connectivity index (χ1) is 11.9. The molecule has 0 radical (unpaired) electrons. The van der Waals surface area contributed by atoms with E-state index in [2.05, 4.69) is 10.1 Å². The van der Waals surface area contributed by atoms with Crippen LogP contribution in [-0.4, -0.2) is 36.9 Å². The van der Waals surface area contributed by atoms with E-state index in [4.69, 9.17) is 5.73 Å². The highest BCUT2D eigenvalue weighted by atomic mass is 16.4. The summed E-state index contributed by atoms with van der Waals surface area (Å²) in [6.07, 6.45) is 3.12. The highest BCUT2D eigenvalue weighted by Crippen LogP contribution is 2.33. The van der Waals surface area contributed by atoms with E-state index >= 15 is 0 Å². The average molecular weight is 340 g/mol. The van der Waals surface area contributed by atoms with Crippen molar-refractivity contribution in [2.24, 2.45) is 0 Å². The molecule has 0 aliphatic rings. The standard InChI is InChI=1S/C16H12N4O5/c17-13-11(15(22)23)10(12(16(24)25)14(21)19-13)8-4-1-2-5-9(8)20-7-3-6-18-20/h1-7H,(H,22,23)(H,24,25)(H3,17,19,21). The SMILES string of the molecule is Nc1[nH]c(=O)c(C(=O)O)c(-c2ccccc2-n2cccn2)c1C(=O)O. The summed E-state index contributed by atoms with van der Waals surface area (Å²) in [6, 6.07) is 8.05. The normalized spacial score (nSPS) is 10.6. The molecule has 0 amide bonds. The van der Waals surface area contributed by atoms with Crippen LogP contribution in [-0.2, 0) is 0 Å². The van der Waals surface area contributed by atoms with Gasteiger partial charge in [-0.05, 0) is 12.1 Å². The minimum atomic E-state index is -1.56. The van der Waals surface area contributed by atoms with Crippen LogP contribution >= 0.6 is 0 Å². The molecule has 0 saturated carbocycles. The Balaban J connectivity index is 2.49. The predicted octanol–water partition coefficient (Wildman–Crippen LogP) is 1.21. The van der Waals surface area contributed by atoms with Crippen molar-refractivity contribution in [3.05, 3.63) is 64.2 Å². The molecule has 0 unspecified atom stereocenters. The van der Waals surface area contributed by atoms with Gasteiger partial charge >= 0.3 is 11.9 Å². The van der Waals surface area contributed by atoms with Gasteiger partial charge in [-0.15, -0.1) is 0 Å². The fraction of sp³-hybridized carbons (Fsp3) is 0. The first-order valence-corrected chi connectivity index (χ1v) is 7.03. The van der Waals surface area contributed by atoms with E-state index in [1.165, 1.54) is 16.9 Å². The van der Waals surface area contributed by atoms with Crippen molar-refractivity contribution in [2.45, 2.75) is 0 Å². The van der Waals surface area contributed by atoms with Crippen LogP contribution in [0.2, 0.25) is 0 Å². The smallest absolute Gasteiger partial charge is 0.342 e. The number of rotatable bonds is 4. The average Bonchev–Trinajstić information content (AvgIpc) is 3.07. The molecule has 2 aromatic heterocycles. The van der Waals surface area contributed by atoms with Gasteiger partial charge in [0, 0.05) is 23.5 Å². The maximum absolute atomic E-state index is 12.1. The maximum atomic E-state index is 12.1. The van der Waals surface area contributed by atoms with E-state index in [0.717, 1.165) is 0 Å². The van der Waals surface area contributed by atoms with Crippen LogP contribution in [0.5, 0.6) is 0 Å². The van der Waals surface area contributed by atoms with Crippen LogP contribution in [0.1, 0.15) is 20.7 Å². The molecule has 25 heavy (non-hydrogen) atoms. The molecule has 0 atom stereocenters. The number of aromatic carboxylic acids is 2. The molecule has 0 fully saturated rings. The maximum Gasteiger partial charge on any atom is 0.342 e. The zero-order valence-electron chi connectivity index (χ0n) is 12.6. The Morgan fingerprint density at radius 1 is 1.08 bits per heavy atom. The number of hydrogen-bond donors (Lipinski definition) is 4. The van der Waals surface area contributed by atoms with E-state index in [9.17, 15) is 24.6 Å². The lowest BCUT2D eigenvalue weighted by molar-refractivity contribution is 0.0695. The number of anilines is 1. The van der Waals surface area contributed by atoms with Crippen molar-refractivity contribution < 1.29 is 19.8 Å². The van der Waals surface area contributed by atoms with Gasteiger partial charge in [0.2, 0.25) is 0 Å². The third kappa shape index (κ3) is 2.63. The van der Waals surface area contributed by atoms with E-state index in [1.807, 2.05) is 0 Å². The van der Waals surface area contributed by atoms with E-state index in [0.29, 0.717) is 5.69 Å². The molecule has 9 nitrogen and oxygen atoms in total. The van der Waals surface area contributed by atoms with Gasteiger partial charge in [-0.3, -0.25) is 4.79 Å². The zero-order valence-corrected chi connectivity index (χ0v) is 12.6. The van der Waals surface area contributed by atoms with Crippen molar-refractivity contribution in [1.82, 2.24) is 14.8 Å². The Hall–Kier alpha value is -3.88. The number of H-pyrrole nitrogens is 1. The fourth-order valence-corrected chi connectivity index (χ4v) is 2.61. The quantitative estimate of drug-likeness (QED) is 0.557. The second kappa shape index (κ2) is 5.96. The molecule has 2 heterocycles. The van der Waals surface area contributed by atoms with Gasteiger partial charge in [-0.1, -0.05) is 18.2 Å². The zero-order chi connectivity index (χ0) is 18.1. The Morgan fingerprint density at radius 3 is 2.36 bits per heavy atom. The molecule has 0 bridgehead atoms. The summed E-state index contributed by atoms with van der Waals surface area (Å²) in [4.78, 5) is 37.5. The van der Waals surface area contributed by atoms with Gasteiger partial charge in [0.15, 0.2) is 0 Å². The third-order valence-corrected chi connectivity index (χ3v) is 3.60. The van der Waals surface area contributed by atoms with Crippen LogP contribution in [0, 0.1) is 0 Å². The third-order valence-electron chi connectivity index (χ3n) is 3.60. The summed E-state index contributed by atoms with van der Waals surface area (Å²) in [6.45, 7) is 0. The lowest BCUT2D eigenvalue weighted by Gasteiger charge is -2.15. The van der Waals surface area contributed by atoms with Crippen molar-refractivity contribution in [3.63, 3.8) is 0 Å². The molecule has 0 aliphatic carbocycles. The van der Waals surface area contributed by atoms with Gasteiger partial charge in [-0.2, -0.15) is 5.10 Å². The number of nitrogens with two attached hydrogens (primary N) is 1. The van der Waals surface area contributed by atoms with Crippen LogP contribution in [0.3, 0.4) is 0 Å². The fourth-order valence-electron chi connectivity index (χ4n) is 2.61. The molecular formula is C16H12N4O5. The van der Waals surface area contributed by atoms with Crippen LogP contribution in [0.4, 0.5) is 5.82 Å².